The average Bonchev–Trinajstić information content (AvgIpc) is 2.49. The van der Waals surface area contributed by atoms with E-state index in [1.165, 1.54) is 29.8 Å². The van der Waals surface area contributed by atoms with Gasteiger partial charge in [-0.1, -0.05) is 28.1 Å². The van der Waals surface area contributed by atoms with E-state index in [2.05, 4.69) is 21.2 Å². The Bertz CT molecular complexity index is 639. The zero-order valence-corrected chi connectivity index (χ0v) is 12.7. The first-order valence-corrected chi connectivity index (χ1v) is 7.43. The van der Waals surface area contributed by atoms with E-state index in [9.17, 15) is 14.9 Å². The van der Waals surface area contributed by atoms with Crippen molar-refractivity contribution in [1.82, 2.24) is 0 Å². The third kappa shape index (κ3) is 4.13. The maximum absolute atomic E-state index is 12.0. The number of benzene rings is 2. The number of rotatable bonds is 5. The maximum atomic E-state index is 12.0. The summed E-state index contributed by atoms with van der Waals surface area (Å²) in [6.45, 7) is 0. The van der Waals surface area contributed by atoms with Gasteiger partial charge in [0.2, 0.25) is 0 Å². The van der Waals surface area contributed by atoms with E-state index >= 15 is 0 Å². The molecule has 0 saturated carbocycles. The highest BCUT2D eigenvalue weighted by molar-refractivity contribution is 9.09. The predicted octanol–water partition coefficient (Wildman–Crippen LogP) is 3.78. The number of anilines is 1. The predicted molar refractivity (Wildman–Crippen MR) is 85.0 cm³/mol. The highest BCUT2D eigenvalue weighted by Gasteiger charge is 2.09. The first-order valence-electron chi connectivity index (χ1n) is 6.31. The number of halogens is 1. The van der Waals surface area contributed by atoms with E-state index in [0.29, 0.717) is 11.3 Å². The molecule has 1 amide bonds. The Morgan fingerprint density at radius 2 is 1.71 bits per heavy atom. The number of carbonyl (C=O) groups is 1. The van der Waals surface area contributed by atoms with E-state index in [1.807, 2.05) is 24.3 Å². The number of non-ortho nitro benzene ring substituents is 1. The summed E-state index contributed by atoms with van der Waals surface area (Å²) in [6, 6.07) is 13.1. The number of hydrogen-bond donors (Lipinski definition) is 1. The van der Waals surface area contributed by atoms with Gasteiger partial charge >= 0.3 is 0 Å². The Morgan fingerprint density at radius 3 is 2.24 bits per heavy atom. The molecule has 0 aromatic heterocycles. The van der Waals surface area contributed by atoms with E-state index in [4.69, 9.17) is 0 Å². The van der Waals surface area contributed by atoms with E-state index in [1.54, 1.807) is 0 Å². The minimum atomic E-state index is -0.496. The molecule has 108 valence electrons. The molecule has 0 atom stereocenters. The summed E-state index contributed by atoms with van der Waals surface area (Å²) in [6.07, 6.45) is 0.927. The van der Waals surface area contributed by atoms with Crippen LogP contribution in [0.2, 0.25) is 0 Å². The minimum absolute atomic E-state index is 0.0364. The number of aryl methyl sites for hydroxylation is 1. The van der Waals surface area contributed by atoms with Crippen molar-refractivity contribution in [1.29, 1.82) is 0 Å². The smallest absolute Gasteiger partial charge is 0.269 e. The zero-order chi connectivity index (χ0) is 15.2. The molecule has 2 aromatic rings. The molecule has 2 aromatic carbocycles. The largest absolute Gasteiger partial charge is 0.322 e. The molecule has 5 nitrogen and oxygen atoms in total. The van der Waals surface area contributed by atoms with Crippen molar-refractivity contribution in [2.24, 2.45) is 0 Å². The Morgan fingerprint density at radius 1 is 1.10 bits per heavy atom. The van der Waals surface area contributed by atoms with Crippen molar-refractivity contribution < 1.29 is 9.72 Å². The van der Waals surface area contributed by atoms with Gasteiger partial charge in [-0.2, -0.15) is 0 Å². The summed E-state index contributed by atoms with van der Waals surface area (Å²) in [5.41, 5.74) is 2.22. The molecule has 21 heavy (non-hydrogen) atoms. The summed E-state index contributed by atoms with van der Waals surface area (Å²) < 4.78 is 0. The standard InChI is InChI=1S/C15H13BrN2O3/c16-10-9-11-1-5-13(6-2-11)17-15(19)12-3-7-14(8-4-12)18(20)21/h1-8H,9-10H2,(H,17,19). The second kappa shape index (κ2) is 6.99. The number of nitro groups is 1. The van der Waals surface area contributed by atoms with Gasteiger partial charge in [-0.25, -0.2) is 0 Å². The van der Waals surface area contributed by atoms with Crippen LogP contribution in [0.4, 0.5) is 11.4 Å². The van der Waals surface area contributed by atoms with E-state index < -0.39 is 4.92 Å². The summed E-state index contributed by atoms with van der Waals surface area (Å²) in [4.78, 5) is 22.1. The second-order valence-corrected chi connectivity index (χ2v) is 5.19. The fraction of sp³-hybridized carbons (Fsp3) is 0.133. The average molecular weight is 349 g/mol. The van der Waals surface area contributed by atoms with Gasteiger partial charge in [0.05, 0.1) is 4.92 Å². The van der Waals surface area contributed by atoms with Gasteiger partial charge in [-0.3, -0.25) is 14.9 Å². The Labute approximate surface area is 130 Å². The molecule has 0 fully saturated rings. The number of amides is 1. The molecule has 0 aliphatic heterocycles. The second-order valence-electron chi connectivity index (χ2n) is 4.39. The molecule has 1 N–H and O–H groups in total. The number of nitrogens with one attached hydrogen (secondary N) is 1. The molecule has 0 heterocycles. The van der Waals surface area contributed by atoms with Crippen LogP contribution in [0.1, 0.15) is 15.9 Å². The fourth-order valence-corrected chi connectivity index (χ4v) is 2.26. The molecule has 6 heteroatoms. The van der Waals surface area contributed by atoms with Crippen LogP contribution in [0, 0.1) is 10.1 Å². The lowest BCUT2D eigenvalue weighted by Gasteiger charge is -2.06. The molecule has 2 rings (SSSR count). The third-order valence-electron chi connectivity index (χ3n) is 2.94. The van der Waals surface area contributed by atoms with Gasteiger partial charge in [0, 0.05) is 28.7 Å². The van der Waals surface area contributed by atoms with Crippen molar-refractivity contribution >= 4 is 33.2 Å². The van der Waals surface area contributed by atoms with Crippen LogP contribution in [0.15, 0.2) is 48.5 Å². The number of nitrogens with zero attached hydrogens (tertiary/aromatic N) is 1. The van der Waals surface area contributed by atoms with Gasteiger partial charge in [0.25, 0.3) is 11.6 Å². The highest BCUT2D eigenvalue weighted by Crippen LogP contribution is 2.15. The molecular weight excluding hydrogens is 336 g/mol. The molecule has 0 radical (unpaired) electrons. The minimum Gasteiger partial charge on any atom is -0.322 e. The Hall–Kier alpha value is -2.21. The van der Waals surface area contributed by atoms with Crippen LogP contribution in [0.25, 0.3) is 0 Å². The van der Waals surface area contributed by atoms with Gasteiger partial charge < -0.3 is 5.32 Å². The quantitative estimate of drug-likeness (QED) is 0.507. The molecule has 0 saturated heterocycles. The van der Waals surface area contributed by atoms with Crippen LogP contribution in [-0.4, -0.2) is 16.2 Å². The molecule has 0 bridgehead atoms. The number of nitro benzene ring substituents is 1. The van der Waals surface area contributed by atoms with E-state index in [-0.39, 0.29) is 11.6 Å². The first kappa shape index (κ1) is 15.2. The zero-order valence-electron chi connectivity index (χ0n) is 11.1. The van der Waals surface area contributed by atoms with Crippen LogP contribution < -0.4 is 5.32 Å². The molecule has 0 spiro atoms. The van der Waals surface area contributed by atoms with Crippen LogP contribution in [0.3, 0.4) is 0 Å². The number of alkyl halides is 1. The SMILES string of the molecule is O=C(Nc1ccc(CCBr)cc1)c1ccc([N+](=O)[O-])cc1. The molecule has 0 aliphatic carbocycles. The molecule has 0 aliphatic rings. The van der Waals surface area contributed by atoms with Crippen molar-refractivity contribution in [2.45, 2.75) is 6.42 Å². The van der Waals surface area contributed by atoms with Gasteiger partial charge in [0.1, 0.15) is 0 Å². The lowest BCUT2D eigenvalue weighted by Crippen LogP contribution is -2.11. The monoisotopic (exact) mass is 348 g/mol. The number of hydrogen-bond acceptors (Lipinski definition) is 3. The summed E-state index contributed by atoms with van der Waals surface area (Å²) >= 11 is 3.37. The van der Waals surface area contributed by atoms with Gasteiger partial charge in [0.15, 0.2) is 0 Å². The van der Waals surface area contributed by atoms with Crippen LogP contribution in [0.5, 0.6) is 0 Å². The Balaban J connectivity index is 2.05. The van der Waals surface area contributed by atoms with Gasteiger partial charge in [-0.15, -0.1) is 0 Å². The third-order valence-corrected chi connectivity index (χ3v) is 3.33. The maximum Gasteiger partial charge on any atom is 0.269 e. The summed E-state index contributed by atoms with van der Waals surface area (Å²) in [7, 11) is 0. The highest BCUT2D eigenvalue weighted by atomic mass is 79.9. The first-order chi connectivity index (χ1) is 10.1. The van der Waals surface area contributed by atoms with Crippen molar-refractivity contribution in [3.8, 4) is 0 Å². The number of carbonyl (C=O) groups excluding carboxylic acids is 1. The lowest BCUT2D eigenvalue weighted by atomic mass is 10.1. The van der Waals surface area contributed by atoms with Crippen LogP contribution in [-0.2, 0) is 6.42 Å². The van der Waals surface area contributed by atoms with Crippen molar-refractivity contribution in [3.05, 3.63) is 69.8 Å². The normalized spacial score (nSPS) is 10.1. The summed E-state index contributed by atoms with van der Waals surface area (Å²) in [5, 5.41) is 14.2. The van der Waals surface area contributed by atoms with Crippen molar-refractivity contribution in [3.63, 3.8) is 0 Å². The topological polar surface area (TPSA) is 72.2 Å². The Kier molecular flexibility index (Phi) is 5.05. The molecule has 0 unspecified atom stereocenters. The van der Waals surface area contributed by atoms with Crippen LogP contribution >= 0.6 is 15.9 Å². The fourth-order valence-electron chi connectivity index (χ4n) is 1.80. The summed E-state index contributed by atoms with van der Waals surface area (Å²) in [5.74, 6) is -0.293. The van der Waals surface area contributed by atoms with E-state index in [0.717, 1.165) is 11.8 Å². The molecular formula is C15H13BrN2O3. The van der Waals surface area contributed by atoms with Crippen molar-refractivity contribution in [2.75, 3.05) is 10.6 Å². The van der Waals surface area contributed by atoms with Gasteiger partial charge in [-0.05, 0) is 36.2 Å². The lowest BCUT2D eigenvalue weighted by molar-refractivity contribution is -0.384.